The van der Waals surface area contributed by atoms with Crippen molar-refractivity contribution in [1.82, 2.24) is 20.0 Å². The van der Waals surface area contributed by atoms with E-state index in [1.165, 1.54) is 0 Å². The first kappa shape index (κ1) is 29.2. The highest BCUT2D eigenvalue weighted by molar-refractivity contribution is 6.42. The van der Waals surface area contributed by atoms with Crippen LogP contribution in [0.5, 0.6) is 0 Å². The molecule has 0 spiro atoms. The monoisotopic (exact) mass is 591 g/mol. The van der Waals surface area contributed by atoms with Crippen molar-refractivity contribution >= 4 is 45.9 Å². The normalized spacial score (nSPS) is 17.2. The average Bonchev–Trinajstić information content (AvgIpc) is 3.00. The number of fused-ring (bicyclic) bond motifs is 1. The molecular weight excluding hydrogens is 557 g/mol. The molecule has 1 unspecified atom stereocenters. The van der Waals surface area contributed by atoms with E-state index in [0.29, 0.717) is 33.8 Å². The van der Waals surface area contributed by atoms with E-state index < -0.39 is 0 Å². The van der Waals surface area contributed by atoms with E-state index in [1.54, 1.807) is 11.0 Å². The number of nitrogens with zero attached hydrogens (tertiary/aromatic N) is 4. The number of likely N-dealkylation sites (tertiary alicyclic amines) is 1. The minimum absolute atomic E-state index is 0.0368. The van der Waals surface area contributed by atoms with Crippen molar-refractivity contribution in [1.29, 1.82) is 5.26 Å². The zero-order chi connectivity index (χ0) is 28.9. The van der Waals surface area contributed by atoms with Gasteiger partial charge in [-0.1, -0.05) is 53.5 Å². The van der Waals surface area contributed by atoms with Gasteiger partial charge in [0.25, 0.3) is 5.91 Å². The molecule has 0 saturated carbocycles. The number of nitriles is 1. The second-order valence-corrected chi connectivity index (χ2v) is 11.9. The Balaban J connectivity index is 1.29. The van der Waals surface area contributed by atoms with E-state index >= 15 is 0 Å². The largest absolute Gasteiger partial charge is 0.341 e. The third-order valence-corrected chi connectivity index (χ3v) is 9.12. The summed E-state index contributed by atoms with van der Waals surface area (Å²) >= 11 is 12.6. The van der Waals surface area contributed by atoms with E-state index in [9.17, 15) is 14.9 Å². The number of hydrogen-bond acceptors (Lipinski definition) is 4. The number of urea groups is 1. The molecule has 0 aromatic heterocycles. The van der Waals surface area contributed by atoms with Crippen molar-refractivity contribution in [2.75, 3.05) is 46.3 Å². The van der Waals surface area contributed by atoms with Gasteiger partial charge in [0, 0.05) is 57.3 Å². The number of rotatable bonds is 8. The Hall–Kier alpha value is -3.31. The number of piperidine rings is 1. The first-order chi connectivity index (χ1) is 19.8. The van der Waals surface area contributed by atoms with Crippen molar-refractivity contribution in [3.8, 4) is 6.07 Å². The lowest BCUT2D eigenvalue weighted by Gasteiger charge is -2.40. The maximum Gasteiger partial charge on any atom is 0.317 e. The highest BCUT2D eigenvalue weighted by Gasteiger charge is 2.30. The predicted molar refractivity (Wildman–Crippen MR) is 164 cm³/mol. The van der Waals surface area contributed by atoms with Crippen LogP contribution < -0.4 is 5.32 Å². The smallest absolute Gasteiger partial charge is 0.317 e. The van der Waals surface area contributed by atoms with Crippen molar-refractivity contribution in [2.24, 2.45) is 0 Å². The molecule has 0 aliphatic carbocycles. The molecule has 41 heavy (non-hydrogen) atoms. The van der Waals surface area contributed by atoms with Crippen molar-refractivity contribution < 1.29 is 9.59 Å². The minimum atomic E-state index is -0.121. The van der Waals surface area contributed by atoms with Crippen LogP contribution in [-0.2, 0) is 0 Å². The highest BCUT2D eigenvalue weighted by atomic mass is 35.5. The van der Waals surface area contributed by atoms with Gasteiger partial charge in [0.1, 0.15) is 0 Å². The van der Waals surface area contributed by atoms with Crippen LogP contribution in [-0.4, -0.2) is 79.0 Å². The molecule has 2 saturated heterocycles. The Kier molecular flexibility index (Phi) is 9.34. The fourth-order valence-electron chi connectivity index (χ4n) is 6.09. The molecule has 1 N–H and O–H groups in total. The minimum Gasteiger partial charge on any atom is -0.341 e. The van der Waals surface area contributed by atoms with E-state index in [0.717, 1.165) is 74.7 Å². The molecule has 2 heterocycles. The summed E-state index contributed by atoms with van der Waals surface area (Å²) in [7, 11) is 1.82. The van der Waals surface area contributed by atoms with Crippen molar-refractivity contribution in [2.45, 2.75) is 37.6 Å². The Labute approximate surface area is 251 Å². The van der Waals surface area contributed by atoms with Crippen molar-refractivity contribution in [3.63, 3.8) is 0 Å². The number of benzene rings is 3. The lowest BCUT2D eigenvalue weighted by atomic mass is 9.93. The van der Waals surface area contributed by atoms with Gasteiger partial charge in [0.2, 0.25) is 0 Å². The van der Waals surface area contributed by atoms with Crippen LogP contribution in [0.2, 0.25) is 10.0 Å². The fraction of sp³-hybridized carbons (Fsp3) is 0.406. The molecule has 2 fully saturated rings. The van der Waals surface area contributed by atoms with Gasteiger partial charge in [-0.15, -0.1) is 0 Å². The highest BCUT2D eigenvalue weighted by Crippen LogP contribution is 2.30. The summed E-state index contributed by atoms with van der Waals surface area (Å²) in [5.41, 5.74) is 2.03. The molecule has 5 rings (SSSR count). The fourth-order valence-corrected chi connectivity index (χ4v) is 6.40. The standard InChI is InChI=1S/C32H35Cl2N5O2/c1-37(31(40)28-18-22(20-35)17-24-5-2-3-6-27(24)28)21-25(23-7-8-29(33)30(34)19-23)9-14-38-15-10-26(11-16-38)39-13-4-12-36-32(39)41/h2-3,5-8,17-19,25-26H,4,9-16,21H2,1H3,(H,36,41). The Bertz CT molecular complexity index is 1460. The van der Waals surface area contributed by atoms with Gasteiger partial charge in [-0.25, -0.2) is 4.79 Å². The summed E-state index contributed by atoms with van der Waals surface area (Å²) < 4.78 is 0. The number of likely N-dealkylation sites (N-methyl/N-ethyl adjacent to an activating group) is 1. The first-order valence-corrected chi connectivity index (χ1v) is 15.0. The zero-order valence-electron chi connectivity index (χ0n) is 23.3. The van der Waals surface area contributed by atoms with Gasteiger partial charge in [-0.3, -0.25) is 4.79 Å². The predicted octanol–water partition coefficient (Wildman–Crippen LogP) is 6.14. The van der Waals surface area contributed by atoms with Gasteiger partial charge < -0.3 is 20.0 Å². The van der Waals surface area contributed by atoms with Gasteiger partial charge >= 0.3 is 6.03 Å². The third-order valence-electron chi connectivity index (χ3n) is 8.38. The van der Waals surface area contributed by atoms with Gasteiger partial charge in [-0.2, -0.15) is 5.26 Å². The molecule has 0 bridgehead atoms. The maximum atomic E-state index is 13.8. The molecule has 1 atom stereocenters. The molecule has 0 radical (unpaired) electrons. The van der Waals surface area contributed by atoms with Crippen LogP contribution in [0.3, 0.4) is 0 Å². The second kappa shape index (κ2) is 13.1. The quantitative estimate of drug-likeness (QED) is 0.341. The summed E-state index contributed by atoms with van der Waals surface area (Å²) in [5, 5.41) is 15.2. The second-order valence-electron chi connectivity index (χ2n) is 11.1. The first-order valence-electron chi connectivity index (χ1n) is 14.2. The number of carbonyl (C=O) groups excluding carboxylic acids is 2. The number of carbonyl (C=O) groups is 2. The maximum absolute atomic E-state index is 13.8. The zero-order valence-corrected chi connectivity index (χ0v) is 24.8. The molecule has 3 aromatic rings. The number of hydrogen-bond donors (Lipinski definition) is 1. The summed E-state index contributed by atoms with van der Waals surface area (Å²) in [5.74, 6) is -0.0845. The molecule has 214 valence electrons. The summed E-state index contributed by atoms with van der Waals surface area (Å²) in [6.07, 6.45) is 3.76. The van der Waals surface area contributed by atoms with E-state index in [-0.39, 0.29) is 17.9 Å². The van der Waals surface area contributed by atoms with E-state index in [1.807, 2.05) is 60.5 Å². The Morgan fingerprint density at radius 1 is 1.10 bits per heavy atom. The van der Waals surface area contributed by atoms with Crippen LogP contribution in [0.1, 0.15) is 53.1 Å². The Morgan fingerprint density at radius 2 is 1.88 bits per heavy atom. The molecule has 3 amide bonds. The SMILES string of the molecule is CN(CC(CCN1CCC(N2CCCNC2=O)CC1)c1ccc(Cl)c(Cl)c1)C(=O)c1cc(C#N)cc2ccccc12. The van der Waals surface area contributed by atoms with Crippen LogP contribution in [0.25, 0.3) is 10.8 Å². The number of nitrogens with one attached hydrogen (secondary N) is 1. The summed E-state index contributed by atoms with van der Waals surface area (Å²) in [4.78, 5) is 32.3. The molecule has 7 nitrogen and oxygen atoms in total. The third kappa shape index (κ3) is 6.78. The number of amides is 3. The van der Waals surface area contributed by atoms with Crippen LogP contribution in [0.4, 0.5) is 4.79 Å². The van der Waals surface area contributed by atoms with Crippen LogP contribution >= 0.6 is 23.2 Å². The van der Waals surface area contributed by atoms with Gasteiger partial charge in [-0.05, 0) is 72.8 Å². The van der Waals surface area contributed by atoms with Crippen LogP contribution in [0, 0.1) is 11.3 Å². The molecule has 9 heteroatoms. The molecule has 3 aromatic carbocycles. The summed E-state index contributed by atoms with van der Waals surface area (Å²) in [6, 6.07) is 19.4. The lowest BCUT2D eigenvalue weighted by molar-refractivity contribution is 0.0780. The molecule has 2 aliphatic rings. The molecular formula is C32H35Cl2N5O2. The van der Waals surface area contributed by atoms with E-state index in [4.69, 9.17) is 23.2 Å². The summed E-state index contributed by atoms with van der Waals surface area (Å²) in [6.45, 7) is 4.84. The van der Waals surface area contributed by atoms with E-state index in [2.05, 4.69) is 16.3 Å². The van der Waals surface area contributed by atoms with Crippen molar-refractivity contribution in [3.05, 3.63) is 81.3 Å². The van der Waals surface area contributed by atoms with Crippen LogP contribution in [0.15, 0.2) is 54.6 Å². The van der Waals surface area contributed by atoms with Gasteiger partial charge in [0.05, 0.1) is 21.7 Å². The van der Waals surface area contributed by atoms with Gasteiger partial charge in [0.15, 0.2) is 0 Å². The molecule has 2 aliphatic heterocycles. The average molecular weight is 593 g/mol. The Morgan fingerprint density at radius 3 is 2.61 bits per heavy atom. The topological polar surface area (TPSA) is 79.7 Å². The number of halogens is 2. The lowest BCUT2D eigenvalue weighted by Crippen LogP contribution is -2.54.